The third-order valence-electron chi connectivity index (χ3n) is 3.69. The first-order chi connectivity index (χ1) is 12.0. The zero-order chi connectivity index (χ0) is 18.0. The molecule has 1 unspecified atom stereocenters. The molecule has 134 valence electrons. The monoisotopic (exact) mass is 377 g/mol. The first-order valence-corrected chi connectivity index (χ1v) is 7.83. The summed E-state index contributed by atoms with van der Waals surface area (Å²) in [5.41, 5.74) is -0.0212. The molecule has 1 N–H and O–H groups in total. The van der Waals surface area contributed by atoms with E-state index in [0.717, 1.165) is 11.1 Å². The maximum atomic E-state index is 14.4. The summed E-state index contributed by atoms with van der Waals surface area (Å²) in [7, 11) is 0. The maximum absolute atomic E-state index is 14.4. The van der Waals surface area contributed by atoms with Crippen molar-refractivity contribution in [3.8, 4) is 11.4 Å². The van der Waals surface area contributed by atoms with Gasteiger partial charge in [0.25, 0.3) is 0 Å². The summed E-state index contributed by atoms with van der Waals surface area (Å²) < 4.78 is 57.2. The number of nitroso groups, excluding NO2 is 1. The molecule has 0 radical (unpaired) electrons. The van der Waals surface area contributed by atoms with Crippen molar-refractivity contribution in [1.29, 1.82) is 0 Å². The number of rotatable bonds is 6. The predicted octanol–water partition coefficient (Wildman–Crippen LogP) is 3.39. The second kappa shape index (κ2) is 6.96. The van der Waals surface area contributed by atoms with E-state index in [9.17, 15) is 22.0 Å². The quantitative estimate of drug-likeness (QED) is 0.469. The number of anilines is 1. The van der Waals surface area contributed by atoms with Crippen molar-refractivity contribution in [2.75, 3.05) is 18.1 Å². The number of hydrogen-bond donors (Lipinski definition) is 1. The normalized spacial score (nSPS) is 17.7. The number of nitrogens with zero attached hydrogens (tertiary/aromatic N) is 4. The van der Waals surface area contributed by atoms with E-state index >= 15 is 0 Å². The minimum Gasteiger partial charge on any atom is -0.331 e. The molecule has 1 aromatic carbocycles. The Balaban J connectivity index is 1.88. The summed E-state index contributed by atoms with van der Waals surface area (Å²) in [4.78, 5) is 14.4. The summed E-state index contributed by atoms with van der Waals surface area (Å²) in [5, 5.41) is 6.22. The lowest BCUT2D eigenvalue weighted by molar-refractivity contribution is 0.0610. The first-order valence-electron chi connectivity index (χ1n) is 7.11. The number of halogens is 4. The molecule has 0 amide bonds. The fourth-order valence-corrected chi connectivity index (χ4v) is 2.63. The van der Waals surface area contributed by atoms with Gasteiger partial charge in [0.05, 0.1) is 17.0 Å². The molecule has 1 fully saturated rings. The van der Waals surface area contributed by atoms with Crippen molar-refractivity contribution in [3.05, 3.63) is 34.8 Å². The smallest absolute Gasteiger partial charge is 0.331 e. The van der Waals surface area contributed by atoms with Gasteiger partial charge in [-0.2, -0.15) is 17.7 Å². The number of benzene rings is 1. The highest BCUT2D eigenvalue weighted by Gasteiger charge is 2.41. The number of nitrogens with one attached hydrogen (secondary N) is 1. The molecule has 12 heteroatoms. The van der Waals surface area contributed by atoms with Crippen molar-refractivity contribution < 1.29 is 21.6 Å². The zero-order valence-electron chi connectivity index (χ0n) is 12.5. The van der Waals surface area contributed by atoms with Gasteiger partial charge in [-0.05, 0) is 31.2 Å². The molecule has 3 rings (SSSR count). The average Bonchev–Trinajstić information content (AvgIpc) is 3.29. The SMILES string of the molecule is O=NN(c1ccc(-c2noc(C(F)(F)SF)n2)cc1F)C1CCNC1. The van der Waals surface area contributed by atoms with E-state index in [-0.39, 0.29) is 23.1 Å². The molecule has 7 nitrogen and oxygen atoms in total. The standard InChI is InChI=1S/C13H11F4N5O2S/c14-9-5-7(11-19-12(24-20-11)13(15,16)25-17)1-2-10(9)22(21-23)8-3-4-18-6-8/h1-2,5,8,18H,3-4,6H2. The lowest BCUT2D eigenvalue weighted by Gasteiger charge is -2.22. The van der Waals surface area contributed by atoms with Gasteiger partial charge >= 0.3 is 11.1 Å². The van der Waals surface area contributed by atoms with Crippen LogP contribution in [0.25, 0.3) is 11.4 Å². The van der Waals surface area contributed by atoms with Crippen LogP contribution in [0.3, 0.4) is 0 Å². The molecule has 0 spiro atoms. The highest BCUT2D eigenvalue weighted by Crippen LogP contribution is 2.40. The first kappa shape index (κ1) is 17.6. The predicted molar refractivity (Wildman–Crippen MR) is 81.8 cm³/mol. The minimum absolute atomic E-state index is 0.0336. The van der Waals surface area contributed by atoms with E-state index in [0.29, 0.717) is 19.5 Å². The fraction of sp³-hybridized carbons (Fsp3) is 0.385. The second-order valence-corrected chi connectivity index (χ2v) is 5.92. The van der Waals surface area contributed by atoms with Crippen LogP contribution in [0.2, 0.25) is 0 Å². The van der Waals surface area contributed by atoms with Crippen LogP contribution in [0.5, 0.6) is 0 Å². The van der Waals surface area contributed by atoms with Crippen LogP contribution in [0.1, 0.15) is 12.3 Å². The van der Waals surface area contributed by atoms with Crippen LogP contribution in [-0.4, -0.2) is 29.3 Å². The Bertz CT molecular complexity index is 769. The zero-order valence-corrected chi connectivity index (χ0v) is 13.3. The van der Waals surface area contributed by atoms with Crippen molar-refractivity contribution in [2.45, 2.75) is 17.7 Å². The highest BCUT2D eigenvalue weighted by molar-refractivity contribution is 7.94. The topological polar surface area (TPSA) is 83.6 Å². The molecule has 0 saturated carbocycles. The average molecular weight is 377 g/mol. The van der Waals surface area contributed by atoms with Gasteiger partial charge in [-0.15, -0.1) is 4.91 Å². The summed E-state index contributed by atoms with van der Waals surface area (Å²) in [6.45, 7) is 1.17. The van der Waals surface area contributed by atoms with Gasteiger partial charge in [0.1, 0.15) is 18.0 Å². The van der Waals surface area contributed by atoms with Gasteiger partial charge in [0, 0.05) is 12.1 Å². The van der Waals surface area contributed by atoms with Gasteiger partial charge in [-0.1, -0.05) is 5.16 Å². The molecule has 1 aliphatic rings. The third kappa shape index (κ3) is 3.44. The molecule has 25 heavy (non-hydrogen) atoms. The largest absolute Gasteiger partial charge is 0.399 e. The Hall–Kier alpha value is -2.21. The summed E-state index contributed by atoms with van der Waals surface area (Å²) in [6.07, 6.45) is 0.622. The number of alkyl halides is 2. The third-order valence-corrected chi connectivity index (χ3v) is 4.06. The van der Waals surface area contributed by atoms with Gasteiger partial charge in [0.15, 0.2) is 0 Å². The van der Waals surface area contributed by atoms with E-state index < -0.39 is 29.1 Å². The second-order valence-electron chi connectivity index (χ2n) is 5.26. The Labute approximate surface area is 143 Å². The van der Waals surface area contributed by atoms with Crippen LogP contribution in [-0.2, 0) is 5.25 Å². The molecule has 0 bridgehead atoms. The van der Waals surface area contributed by atoms with E-state index in [4.69, 9.17) is 0 Å². The Morgan fingerprint density at radius 3 is 2.84 bits per heavy atom. The molecular formula is C13H11F4N5O2S. The fourth-order valence-electron chi connectivity index (χ4n) is 2.48. The van der Waals surface area contributed by atoms with Crippen LogP contribution in [0.15, 0.2) is 28.0 Å². The molecule has 1 saturated heterocycles. The van der Waals surface area contributed by atoms with Crippen molar-refractivity contribution in [3.63, 3.8) is 0 Å². The Kier molecular flexibility index (Phi) is 4.90. The molecule has 1 aromatic heterocycles. The van der Waals surface area contributed by atoms with Gasteiger partial charge in [-0.3, -0.25) is 0 Å². The maximum Gasteiger partial charge on any atom is 0.399 e. The van der Waals surface area contributed by atoms with Crippen LogP contribution < -0.4 is 10.3 Å². The Morgan fingerprint density at radius 2 is 2.24 bits per heavy atom. The van der Waals surface area contributed by atoms with Crippen LogP contribution in [0, 0.1) is 10.7 Å². The highest BCUT2D eigenvalue weighted by atomic mass is 32.2. The number of aromatic nitrogens is 2. The van der Waals surface area contributed by atoms with Crippen molar-refractivity contribution in [2.24, 2.45) is 5.29 Å². The molecule has 1 aliphatic heterocycles. The number of hydrogen-bond acceptors (Lipinski definition) is 7. The molecule has 2 aromatic rings. The molecular weight excluding hydrogens is 366 g/mol. The molecule has 2 heterocycles. The van der Waals surface area contributed by atoms with E-state index in [1.54, 1.807) is 0 Å². The van der Waals surface area contributed by atoms with Crippen LogP contribution >= 0.6 is 12.1 Å². The summed E-state index contributed by atoms with van der Waals surface area (Å²) in [5.74, 6) is -2.36. The van der Waals surface area contributed by atoms with Gasteiger partial charge < -0.3 is 9.84 Å². The van der Waals surface area contributed by atoms with Crippen molar-refractivity contribution >= 4 is 17.8 Å². The van der Waals surface area contributed by atoms with E-state index in [2.05, 4.69) is 25.3 Å². The van der Waals surface area contributed by atoms with Gasteiger partial charge in [-0.25, -0.2) is 9.40 Å². The van der Waals surface area contributed by atoms with Gasteiger partial charge in [0.2, 0.25) is 5.82 Å². The molecule has 1 atom stereocenters. The minimum atomic E-state index is -3.99. The summed E-state index contributed by atoms with van der Waals surface area (Å²) >= 11 is -1.25. The van der Waals surface area contributed by atoms with Crippen molar-refractivity contribution in [1.82, 2.24) is 15.5 Å². The molecule has 0 aliphatic carbocycles. The summed E-state index contributed by atoms with van der Waals surface area (Å²) in [6, 6.07) is 3.28. The van der Waals surface area contributed by atoms with E-state index in [1.807, 2.05) is 0 Å². The lowest BCUT2D eigenvalue weighted by atomic mass is 10.1. The van der Waals surface area contributed by atoms with E-state index in [1.165, 1.54) is 12.1 Å². The van der Waals surface area contributed by atoms with Crippen LogP contribution in [0.4, 0.5) is 22.7 Å². The Morgan fingerprint density at radius 1 is 1.44 bits per heavy atom. The lowest BCUT2D eigenvalue weighted by Crippen LogP contribution is -2.32.